The van der Waals surface area contributed by atoms with Gasteiger partial charge in [-0.2, -0.15) is 5.10 Å². The molecule has 6 nitrogen and oxygen atoms in total. The highest BCUT2D eigenvalue weighted by Gasteiger charge is 2.28. The van der Waals surface area contributed by atoms with Crippen molar-refractivity contribution in [3.63, 3.8) is 0 Å². The second kappa shape index (κ2) is 4.75. The summed E-state index contributed by atoms with van der Waals surface area (Å²) in [6.45, 7) is 6.30. The molecule has 0 bridgehead atoms. The highest BCUT2D eigenvalue weighted by molar-refractivity contribution is 5.97. The van der Waals surface area contributed by atoms with E-state index >= 15 is 0 Å². The number of morpholine rings is 1. The summed E-state index contributed by atoms with van der Waals surface area (Å²) >= 11 is 0. The SMILES string of the molecule is CCn1ncc(N)c1C(=O)N1CCOC[C@H]1C. The Bertz CT molecular complexity index is 416. The van der Waals surface area contributed by atoms with Crippen molar-refractivity contribution in [3.05, 3.63) is 11.9 Å². The summed E-state index contributed by atoms with van der Waals surface area (Å²) in [7, 11) is 0. The number of rotatable bonds is 2. The Labute approximate surface area is 100 Å². The van der Waals surface area contributed by atoms with Crippen LogP contribution >= 0.6 is 0 Å². The van der Waals surface area contributed by atoms with E-state index in [0.717, 1.165) is 0 Å². The second-order valence-electron chi connectivity index (χ2n) is 4.19. The van der Waals surface area contributed by atoms with Crippen LogP contribution in [0, 0.1) is 0 Å². The molecule has 2 N–H and O–H groups in total. The topological polar surface area (TPSA) is 73.4 Å². The predicted molar refractivity (Wildman–Crippen MR) is 63.6 cm³/mol. The van der Waals surface area contributed by atoms with Crippen molar-refractivity contribution in [2.75, 3.05) is 25.5 Å². The van der Waals surface area contributed by atoms with Gasteiger partial charge in [0.25, 0.3) is 5.91 Å². The number of nitrogens with zero attached hydrogens (tertiary/aromatic N) is 3. The fourth-order valence-corrected chi connectivity index (χ4v) is 2.04. The summed E-state index contributed by atoms with van der Waals surface area (Å²) in [6.07, 6.45) is 1.53. The first-order valence-corrected chi connectivity index (χ1v) is 5.85. The number of anilines is 1. The number of carbonyl (C=O) groups is 1. The van der Waals surface area contributed by atoms with Crippen LogP contribution in [0.15, 0.2) is 6.20 Å². The van der Waals surface area contributed by atoms with E-state index in [1.54, 1.807) is 9.58 Å². The lowest BCUT2D eigenvalue weighted by Gasteiger charge is -2.33. The highest BCUT2D eigenvalue weighted by Crippen LogP contribution is 2.17. The molecule has 2 heterocycles. The van der Waals surface area contributed by atoms with E-state index in [1.807, 2.05) is 13.8 Å². The van der Waals surface area contributed by atoms with Crippen LogP contribution in [-0.4, -0.2) is 46.4 Å². The van der Waals surface area contributed by atoms with Gasteiger partial charge in [0.05, 0.1) is 31.1 Å². The number of aromatic nitrogens is 2. The molecule has 17 heavy (non-hydrogen) atoms. The van der Waals surface area contributed by atoms with Gasteiger partial charge in [0.2, 0.25) is 0 Å². The molecule has 1 aliphatic rings. The summed E-state index contributed by atoms with van der Waals surface area (Å²) in [5.74, 6) is -0.0577. The van der Waals surface area contributed by atoms with Crippen molar-refractivity contribution in [3.8, 4) is 0 Å². The van der Waals surface area contributed by atoms with Crippen molar-refractivity contribution in [2.24, 2.45) is 0 Å². The molecule has 0 unspecified atom stereocenters. The van der Waals surface area contributed by atoms with E-state index in [2.05, 4.69) is 5.10 Å². The standard InChI is InChI=1S/C11H18N4O2/c1-3-15-10(9(12)6-13-15)11(16)14-4-5-17-7-8(14)2/h6,8H,3-5,7,12H2,1-2H3/t8-/m1/s1. The van der Waals surface area contributed by atoms with E-state index in [0.29, 0.717) is 37.7 Å². The molecule has 1 aromatic rings. The minimum absolute atomic E-state index is 0.0577. The van der Waals surface area contributed by atoms with E-state index in [9.17, 15) is 4.79 Å². The number of aryl methyl sites for hydroxylation is 1. The van der Waals surface area contributed by atoms with Gasteiger partial charge < -0.3 is 15.4 Å². The van der Waals surface area contributed by atoms with Gasteiger partial charge in [-0.05, 0) is 13.8 Å². The summed E-state index contributed by atoms with van der Waals surface area (Å²) < 4.78 is 6.96. The van der Waals surface area contributed by atoms with E-state index in [4.69, 9.17) is 10.5 Å². The Kier molecular flexibility index (Phi) is 3.33. The molecule has 1 aromatic heterocycles. The number of hydrogen-bond acceptors (Lipinski definition) is 4. The van der Waals surface area contributed by atoms with Gasteiger partial charge in [-0.3, -0.25) is 9.48 Å². The first kappa shape index (κ1) is 11.9. The van der Waals surface area contributed by atoms with Crippen LogP contribution in [0.1, 0.15) is 24.3 Å². The first-order chi connectivity index (χ1) is 8.15. The maximum Gasteiger partial charge on any atom is 0.274 e. The molecule has 0 aliphatic carbocycles. The van der Waals surface area contributed by atoms with Crippen molar-refractivity contribution >= 4 is 11.6 Å². The lowest BCUT2D eigenvalue weighted by molar-refractivity contribution is 0.00300. The van der Waals surface area contributed by atoms with Crippen LogP contribution in [0.3, 0.4) is 0 Å². The molecular formula is C11H18N4O2. The van der Waals surface area contributed by atoms with Crippen LogP contribution in [-0.2, 0) is 11.3 Å². The van der Waals surface area contributed by atoms with E-state index in [1.165, 1.54) is 6.20 Å². The zero-order chi connectivity index (χ0) is 12.4. The van der Waals surface area contributed by atoms with Crippen LogP contribution in [0.4, 0.5) is 5.69 Å². The third kappa shape index (κ3) is 2.12. The van der Waals surface area contributed by atoms with Crippen LogP contribution in [0.5, 0.6) is 0 Å². The van der Waals surface area contributed by atoms with Gasteiger partial charge >= 0.3 is 0 Å². The quantitative estimate of drug-likeness (QED) is 0.806. The van der Waals surface area contributed by atoms with Crippen molar-refractivity contribution in [2.45, 2.75) is 26.4 Å². The molecule has 0 radical (unpaired) electrons. The summed E-state index contributed by atoms with van der Waals surface area (Å²) in [4.78, 5) is 14.2. The summed E-state index contributed by atoms with van der Waals surface area (Å²) in [5, 5.41) is 4.09. The Morgan fingerprint density at radius 3 is 3.12 bits per heavy atom. The van der Waals surface area contributed by atoms with Gasteiger partial charge in [-0.15, -0.1) is 0 Å². The number of hydrogen-bond donors (Lipinski definition) is 1. The summed E-state index contributed by atoms with van der Waals surface area (Å²) in [5.41, 5.74) is 6.74. The molecule has 0 saturated carbocycles. The van der Waals surface area contributed by atoms with Crippen LogP contribution in [0.2, 0.25) is 0 Å². The molecule has 1 atom stereocenters. The number of carbonyl (C=O) groups excluding carboxylic acids is 1. The number of ether oxygens (including phenoxy) is 1. The molecule has 0 spiro atoms. The molecule has 6 heteroatoms. The molecule has 1 amide bonds. The lowest BCUT2D eigenvalue weighted by Crippen LogP contribution is -2.47. The van der Waals surface area contributed by atoms with E-state index < -0.39 is 0 Å². The van der Waals surface area contributed by atoms with E-state index in [-0.39, 0.29) is 11.9 Å². The molecule has 1 saturated heterocycles. The van der Waals surface area contributed by atoms with Gasteiger partial charge in [-0.25, -0.2) is 0 Å². The number of nitrogen functional groups attached to an aromatic ring is 1. The second-order valence-corrected chi connectivity index (χ2v) is 4.19. The molecular weight excluding hydrogens is 220 g/mol. The molecule has 0 aromatic carbocycles. The molecule has 2 rings (SSSR count). The lowest BCUT2D eigenvalue weighted by atomic mass is 10.2. The predicted octanol–water partition coefficient (Wildman–Crippen LogP) is 0.346. The number of amides is 1. The van der Waals surface area contributed by atoms with Gasteiger partial charge in [0, 0.05) is 13.1 Å². The smallest absolute Gasteiger partial charge is 0.274 e. The average molecular weight is 238 g/mol. The first-order valence-electron chi connectivity index (χ1n) is 5.85. The Morgan fingerprint density at radius 1 is 1.71 bits per heavy atom. The number of nitrogens with two attached hydrogens (primary N) is 1. The fraction of sp³-hybridized carbons (Fsp3) is 0.636. The van der Waals surface area contributed by atoms with Gasteiger partial charge in [0.15, 0.2) is 0 Å². The Balaban J connectivity index is 2.26. The van der Waals surface area contributed by atoms with Crippen LogP contribution < -0.4 is 5.73 Å². The minimum Gasteiger partial charge on any atom is -0.396 e. The van der Waals surface area contributed by atoms with Crippen molar-refractivity contribution < 1.29 is 9.53 Å². The average Bonchev–Trinajstić information content (AvgIpc) is 2.70. The zero-order valence-electron chi connectivity index (χ0n) is 10.2. The molecule has 1 aliphatic heterocycles. The van der Waals surface area contributed by atoms with Gasteiger partial charge in [0.1, 0.15) is 5.69 Å². The minimum atomic E-state index is -0.0577. The fourth-order valence-electron chi connectivity index (χ4n) is 2.04. The monoisotopic (exact) mass is 238 g/mol. The zero-order valence-corrected chi connectivity index (χ0v) is 10.2. The molecule has 1 fully saturated rings. The van der Waals surface area contributed by atoms with Crippen molar-refractivity contribution in [1.82, 2.24) is 14.7 Å². The largest absolute Gasteiger partial charge is 0.396 e. The molecule has 94 valence electrons. The third-order valence-electron chi connectivity index (χ3n) is 3.00. The Morgan fingerprint density at radius 2 is 2.47 bits per heavy atom. The maximum atomic E-state index is 12.4. The Hall–Kier alpha value is -1.56. The van der Waals surface area contributed by atoms with Crippen molar-refractivity contribution in [1.29, 1.82) is 0 Å². The summed E-state index contributed by atoms with van der Waals surface area (Å²) in [6, 6.07) is 0.0795. The highest BCUT2D eigenvalue weighted by atomic mass is 16.5. The third-order valence-corrected chi connectivity index (χ3v) is 3.00. The maximum absolute atomic E-state index is 12.4. The normalized spacial score (nSPS) is 20.6. The van der Waals surface area contributed by atoms with Crippen LogP contribution in [0.25, 0.3) is 0 Å². The van der Waals surface area contributed by atoms with Gasteiger partial charge in [-0.1, -0.05) is 0 Å².